The molecule has 4 N–H and O–H groups in total. The van der Waals surface area contributed by atoms with E-state index in [0.717, 1.165) is 5.56 Å². The quantitative estimate of drug-likeness (QED) is 0.451. The third-order valence-corrected chi connectivity index (χ3v) is 4.79. The molecule has 0 unspecified atom stereocenters. The molecule has 0 saturated heterocycles. The van der Waals surface area contributed by atoms with Crippen LogP contribution in [-0.4, -0.2) is 55.9 Å². The molecule has 3 rings (SSSR count). The van der Waals surface area contributed by atoms with Gasteiger partial charge in [0.15, 0.2) is 0 Å². The highest BCUT2D eigenvalue weighted by molar-refractivity contribution is 5.80. The maximum atomic E-state index is 12.3. The van der Waals surface area contributed by atoms with Gasteiger partial charge in [0.25, 0.3) is 6.47 Å². The Hall–Kier alpha value is -3.34. The maximum Gasteiger partial charge on any atom is 0.290 e. The summed E-state index contributed by atoms with van der Waals surface area (Å²) in [6.45, 7) is 1.72. The number of aromatic nitrogens is 3. The van der Waals surface area contributed by atoms with Crippen LogP contribution in [0.15, 0.2) is 29.2 Å². The van der Waals surface area contributed by atoms with Crippen molar-refractivity contribution in [2.75, 3.05) is 0 Å². The van der Waals surface area contributed by atoms with Crippen LogP contribution in [0.3, 0.4) is 0 Å². The van der Waals surface area contributed by atoms with Gasteiger partial charge in [0.2, 0.25) is 11.8 Å². The second-order valence-electron chi connectivity index (χ2n) is 6.89. The maximum absolute atomic E-state index is 12.3. The van der Waals surface area contributed by atoms with E-state index < -0.39 is 12.1 Å². The number of aryl methyl sites for hydroxylation is 2. The molecule has 0 aromatic carbocycles. The first kappa shape index (κ1) is 22.9. The Kier molecular flexibility index (Phi) is 8.88. The fourth-order valence-electron chi connectivity index (χ4n) is 3.19. The van der Waals surface area contributed by atoms with Gasteiger partial charge in [0.05, 0.1) is 18.7 Å². The predicted octanol–water partition coefficient (Wildman–Crippen LogP) is -0.0215. The van der Waals surface area contributed by atoms with E-state index >= 15 is 0 Å². The second kappa shape index (κ2) is 11.6. The lowest BCUT2D eigenvalue weighted by molar-refractivity contribution is -0.125. The van der Waals surface area contributed by atoms with Gasteiger partial charge in [-0.15, -0.1) is 0 Å². The summed E-state index contributed by atoms with van der Waals surface area (Å²) in [5.41, 5.74) is 2.18. The first-order valence-corrected chi connectivity index (χ1v) is 9.44. The van der Waals surface area contributed by atoms with Gasteiger partial charge in [0.1, 0.15) is 11.4 Å². The molecule has 0 aliphatic heterocycles. The lowest BCUT2D eigenvalue weighted by atomic mass is 10.1. The van der Waals surface area contributed by atoms with E-state index in [9.17, 15) is 14.7 Å². The van der Waals surface area contributed by atoms with Crippen LogP contribution in [0, 0.1) is 12.8 Å². The zero-order valence-electron chi connectivity index (χ0n) is 16.5. The SMILES string of the molecule is Cc1nonc1CNC(=O)[C@H]1C[C@H](NC(=O)CCc2cccnc2)[C@@H](O)C1.O=CO. The Bertz CT molecular complexity index is 828. The Balaban J connectivity index is 0.00000101. The van der Waals surface area contributed by atoms with Crippen LogP contribution in [0.1, 0.15) is 36.2 Å². The largest absolute Gasteiger partial charge is 0.483 e. The third-order valence-electron chi connectivity index (χ3n) is 4.79. The van der Waals surface area contributed by atoms with Gasteiger partial charge in [0, 0.05) is 24.7 Å². The van der Waals surface area contributed by atoms with Crippen LogP contribution >= 0.6 is 0 Å². The molecular weight excluding hydrogens is 394 g/mol. The Labute approximate surface area is 172 Å². The van der Waals surface area contributed by atoms with Crippen LogP contribution in [0.2, 0.25) is 0 Å². The molecule has 3 atom stereocenters. The van der Waals surface area contributed by atoms with E-state index in [2.05, 4.69) is 30.6 Å². The molecule has 11 heteroatoms. The fraction of sp³-hybridized carbons (Fsp3) is 0.474. The Morgan fingerprint density at radius 2 is 2.10 bits per heavy atom. The van der Waals surface area contributed by atoms with Crippen LogP contribution in [0.25, 0.3) is 0 Å². The number of nitrogens with one attached hydrogen (secondary N) is 2. The van der Waals surface area contributed by atoms with Crippen molar-refractivity contribution in [3.63, 3.8) is 0 Å². The van der Waals surface area contributed by atoms with Crippen LogP contribution < -0.4 is 10.6 Å². The lowest BCUT2D eigenvalue weighted by Gasteiger charge is -2.16. The number of hydrogen-bond donors (Lipinski definition) is 4. The molecule has 162 valence electrons. The number of pyridine rings is 1. The Morgan fingerprint density at radius 1 is 1.33 bits per heavy atom. The van der Waals surface area contributed by atoms with Gasteiger partial charge in [-0.05, 0) is 37.8 Å². The molecule has 11 nitrogen and oxygen atoms in total. The van der Waals surface area contributed by atoms with Crippen molar-refractivity contribution < 1.29 is 29.2 Å². The van der Waals surface area contributed by atoms with Crippen LogP contribution in [-0.2, 0) is 27.3 Å². The van der Waals surface area contributed by atoms with Gasteiger partial charge in [-0.25, -0.2) is 4.63 Å². The summed E-state index contributed by atoms with van der Waals surface area (Å²) in [5.74, 6) is -0.680. The minimum Gasteiger partial charge on any atom is -0.483 e. The monoisotopic (exact) mass is 419 g/mol. The standard InChI is InChI=1S/C18H23N5O4.CH2O2/c1-11-15(23-27-22-11)10-20-18(26)13-7-14(16(24)8-13)21-17(25)5-4-12-3-2-6-19-9-12;2-1-3/h2-3,6,9,13-14,16,24H,4-5,7-8,10H2,1H3,(H,20,26)(H,21,25);1H,(H,2,3)/t13-,14-,16-;/m0./s1. The summed E-state index contributed by atoms with van der Waals surface area (Å²) in [7, 11) is 0. The average molecular weight is 419 g/mol. The number of amides is 2. The number of carbonyl (C=O) groups is 3. The highest BCUT2D eigenvalue weighted by Gasteiger charge is 2.37. The molecule has 30 heavy (non-hydrogen) atoms. The van der Waals surface area contributed by atoms with Crippen molar-refractivity contribution >= 4 is 18.3 Å². The number of aliphatic hydroxyl groups excluding tert-OH is 1. The first-order valence-electron chi connectivity index (χ1n) is 9.44. The molecule has 0 radical (unpaired) electrons. The number of nitrogens with zero attached hydrogens (tertiary/aromatic N) is 3. The molecule has 0 spiro atoms. The van der Waals surface area contributed by atoms with Crippen LogP contribution in [0.4, 0.5) is 0 Å². The summed E-state index contributed by atoms with van der Waals surface area (Å²) in [4.78, 5) is 36.8. The van der Waals surface area contributed by atoms with E-state index in [1.165, 1.54) is 0 Å². The summed E-state index contributed by atoms with van der Waals surface area (Å²) in [6, 6.07) is 3.32. The van der Waals surface area contributed by atoms with Gasteiger partial charge in [-0.2, -0.15) is 0 Å². The average Bonchev–Trinajstić information content (AvgIpc) is 3.31. The zero-order chi connectivity index (χ0) is 21.9. The summed E-state index contributed by atoms with van der Waals surface area (Å²) >= 11 is 0. The van der Waals surface area contributed by atoms with Crippen molar-refractivity contribution in [1.29, 1.82) is 0 Å². The zero-order valence-corrected chi connectivity index (χ0v) is 16.5. The molecule has 2 aromatic rings. The number of carbonyl (C=O) groups excluding carboxylic acids is 2. The van der Waals surface area contributed by atoms with Gasteiger partial charge >= 0.3 is 0 Å². The fourth-order valence-corrected chi connectivity index (χ4v) is 3.19. The third kappa shape index (κ3) is 6.92. The van der Waals surface area contributed by atoms with Gasteiger partial charge in [-0.3, -0.25) is 19.4 Å². The molecular formula is C19H25N5O6. The van der Waals surface area contributed by atoms with E-state index in [4.69, 9.17) is 9.90 Å². The minimum atomic E-state index is -0.737. The lowest BCUT2D eigenvalue weighted by Crippen LogP contribution is -2.40. The summed E-state index contributed by atoms with van der Waals surface area (Å²) in [5, 5.41) is 30.1. The van der Waals surface area contributed by atoms with Crippen molar-refractivity contribution in [1.82, 2.24) is 25.9 Å². The highest BCUT2D eigenvalue weighted by Crippen LogP contribution is 2.26. The van der Waals surface area contributed by atoms with E-state index in [1.807, 2.05) is 12.1 Å². The normalized spacial score (nSPS) is 20.0. The molecule has 2 aromatic heterocycles. The number of rotatable bonds is 7. The second-order valence-corrected chi connectivity index (χ2v) is 6.89. The predicted molar refractivity (Wildman–Crippen MR) is 103 cm³/mol. The number of hydrogen-bond acceptors (Lipinski definition) is 8. The smallest absolute Gasteiger partial charge is 0.290 e. The summed E-state index contributed by atoms with van der Waals surface area (Å²) in [6.07, 6.45) is 4.28. The van der Waals surface area contributed by atoms with Crippen molar-refractivity contribution in [2.24, 2.45) is 5.92 Å². The van der Waals surface area contributed by atoms with Gasteiger partial charge in [-0.1, -0.05) is 16.4 Å². The molecule has 1 aliphatic carbocycles. The molecule has 0 bridgehead atoms. The van der Waals surface area contributed by atoms with Crippen LogP contribution in [0.5, 0.6) is 0 Å². The molecule has 2 amide bonds. The van der Waals surface area contributed by atoms with E-state index in [1.54, 1.807) is 19.3 Å². The number of aliphatic hydroxyl groups is 1. The van der Waals surface area contributed by atoms with Crippen molar-refractivity contribution in [3.05, 3.63) is 41.5 Å². The van der Waals surface area contributed by atoms with E-state index in [0.29, 0.717) is 37.1 Å². The first-order chi connectivity index (χ1) is 14.4. The van der Waals surface area contributed by atoms with Crippen molar-refractivity contribution in [2.45, 2.75) is 51.3 Å². The number of carboxylic acid groups (broad SMARTS) is 1. The molecule has 1 fully saturated rings. The Morgan fingerprint density at radius 3 is 2.73 bits per heavy atom. The highest BCUT2D eigenvalue weighted by atomic mass is 16.6. The van der Waals surface area contributed by atoms with Gasteiger partial charge < -0.3 is 20.8 Å². The minimum absolute atomic E-state index is 0.145. The topological polar surface area (TPSA) is 168 Å². The molecule has 1 aliphatic rings. The summed E-state index contributed by atoms with van der Waals surface area (Å²) < 4.78 is 4.59. The van der Waals surface area contributed by atoms with E-state index in [-0.39, 0.29) is 30.7 Å². The molecule has 2 heterocycles. The molecule has 1 saturated carbocycles. The van der Waals surface area contributed by atoms with Crippen molar-refractivity contribution in [3.8, 4) is 0 Å².